The smallest absolute Gasteiger partial charge is 0.0738 e. The van der Waals surface area contributed by atoms with Crippen LogP contribution in [0, 0.1) is 6.92 Å². The fraction of sp³-hybridized carbons (Fsp3) is 0.615. The molecular weight excluding hydrogens is 200 g/mol. The van der Waals surface area contributed by atoms with Crippen molar-refractivity contribution in [3.63, 3.8) is 0 Å². The van der Waals surface area contributed by atoms with Crippen LogP contribution >= 0.6 is 0 Å². The second-order valence-corrected chi connectivity index (χ2v) is 4.17. The van der Waals surface area contributed by atoms with Crippen LogP contribution in [0.1, 0.15) is 37.4 Å². The van der Waals surface area contributed by atoms with Crippen molar-refractivity contribution in [2.45, 2.75) is 39.3 Å². The largest absolute Gasteiger partial charge is 0.380 e. The molecule has 0 aromatic carbocycles. The minimum Gasteiger partial charge on any atom is -0.380 e. The van der Waals surface area contributed by atoms with E-state index in [1.54, 1.807) is 7.11 Å². The summed E-state index contributed by atoms with van der Waals surface area (Å²) in [5.74, 6) is 0. The van der Waals surface area contributed by atoms with Gasteiger partial charge in [-0.1, -0.05) is 13.0 Å². The van der Waals surface area contributed by atoms with Crippen LogP contribution < -0.4 is 5.32 Å². The summed E-state index contributed by atoms with van der Waals surface area (Å²) in [6.45, 7) is 7.29. The minimum atomic E-state index is 0.148. The van der Waals surface area contributed by atoms with E-state index < -0.39 is 0 Å². The average Bonchev–Trinajstić information content (AvgIpc) is 2.29. The average molecular weight is 222 g/mol. The lowest BCUT2D eigenvalue weighted by Crippen LogP contribution is -2.32. The Hall–Kier alpha value is -0.930. The molecule has 0 aliphatic carbocycles. The van der Waals surface area contributed by atoms with Gasteiger partial charge in [0.2, 0.25) is 0 Å². The molecule has 90 valence electrons. The maximum atomic E-state index is 5.41. The van der Waals surface area contributed by atoms with Gasteiger partial charge in [-0.15, -0.1) is 0 Å². The quantitative estimate of drug-likeness (QED) is 0.803. The van der Waals surface area contributed by atoms with Crippen LogP contribution in [0.4, 0.5) is 0 Å². The van der Waals surface area contributed by atoms with Gasteiger partial charge in [0.25, 0.3) is 0 Å². The second-order valence-electron chi connectivity index (χ2n) is 4.17. The first-order valence-electron chi connectivity index (χ1n) is 5.86. The number of nitrogens with zero attached hydrogens (tertiary/aromatic N) is 1. The summed E-state index contributed by atoms with van der Waals surface area (Å²) in [5.41, 5.74) is 2.38. The molecule has 1 aromatic heterocycles. The van der Waals surface area contributed by atoms with E-state index in [1.165, 1.54) is 11.1 Å². The Morgan fingerprint density at radius 1 is 1.44 bits per heavy atom. The van der Waals surface area contributed by atoms with Crippen LogP contribution in [0.25, 0.3) is 0 Å². The Balaban J connectivity index is 2.82. The molecule has 3 nitrogen and oxygen atoms in total. The fourth-order valence-corrected chi connectivity index (χ4v) is 1.74. The van der Waals surface area contributed by atoms with Crippen molar-refractivity contribution in [2.75, 3.05) is 13.7 Å². The molecule has 0 bridgehead atoms. The van der Waals surface area contributed by atoms with Crippen molar-refractivity contribution in [3.8, 4) is 0 Å². The first kappa shape index (κ1) is 13.1. The van der Waals surface area contributed by atoms with Crippen molar-refractivity contribution in [1.82, 2.24) is 10.3 Å². The summed E-state index contributed by atoms with van der Waals surface area (Å²) in [7, 11) is 1.74. The van der Waals surface area contributed by atoms with Gasteiger partial charge in [-0.05, 0) is 37.9 Å². The van der Waals surface area contributed by atoms with Crippen molar-refractivity contribution in [2.24, 2.45) is 0 Å². The highest BCUT2D eigenvalue weighted by molar-refractivity contribution is 5.21. The molecule has 16 heavy (non-hydrogen) atoms. The number of rotatable bonds is 6. The first-order valence-corrected chi connectivity index (χ1v) is 5.86. The number of pyridine rings is 1. The molecule has 2 unspecified atom stereocenters. The predicted molar refractivity (Wildman–Crippen MR) is 66.5 cm³/mol. The third-order valence-electron chi connectivity index (χ3n) is 2.71. The molecule has 0 aliphatic heterocycles. The lowest BCUT2D eigenvalue weighted by Gasteiger charge is -2.24. The zero-order chi connectivity index (χ0) is 12.0. The Labute approximate surface area is 98.2 Å². The van der Waals surface area contributed by atoms with Gasteiger partial charge in [-0.2, -0.15) is 0 Å². The summed E-state index contributed by atoms with van der Waals surface area (Å²) in [6, 6.07) is 2.38. The van der Waals surface area contributed by atoms with Gasteiger partial charge in [0.05, 0.1) is 12.1 Å². The van der Waals surface area contributed by atoms with Gasteiger partial charge < -0.3 is 10.1 Å². The molecule has 3 heteroatoms. The monoisotopic (exact) mass is 222 g/mol. The van der Waals surface area contributed by atoms with E-state index >= 15 is 0 Å². The van der Waals surface area contributed by atoms with E-state index in [4.69, 9.17) is 4.74 Å². The van der Waals surface area contributed by atoms with Crippen LogP contribution in [0.2, 0.25) is 0 Å². The van der Waals surface area contributed by atoms with Gasteiger partial charge in [0.1, 0.15) is 0 Å². The van der Waals surface area contributed by atoms with Crippen LogP contribution in [0.15, 0.2) is 18.5 Å². The first-order chi connectivity index (χ1) is 7.69. The number of nitrogens with one attached hydrogen (secondary N) is 1. The van der Waals surface area contributed by atoms with Gasteiger partial charge in [-0.3, -0.25) is 4.98 Å². The van der Waals surface area contributed by atoms with Crippen LogP contribution in [0.3, 0.4) is 0 Å². The maximum Gasteiger partial charge on any atom is 0.0738 e. The highest BCUT2D eigenvalue weighted by Crippen LogP contribution is 2.18. The second kappa shape index (κ2) is 6.61. The topological polar surface area (TPSA) is 34.2 Å². The lowest BCUT2D eigenvalue weighted by molar-refractivity contribution is 0.0829. The molecule has 2 atom stereocenters. The fourth-order valence-electron chi connectivity index (χ4n) is 1.74. The standard InChI is InChI=1S/C13H22N2O/c1-5-6-15-13(11(3)16-4)12-7-10(2)8-14-9-12/h7-9,11,13,15H,5-6H2,1-4H3. The van der Waals surface area contributed by atoms with Crippen LogP contribution in [-0.4, -0.2) is 24.7 Å². The number of hydrogen-bond acceptors (Lipinski definition) is 3. The number of aryl methyl sites for hydroxylation is 1. The number of hydrogen-bond donors (Lipinski definition) is 1. The van der Waals surface area contributed by atoms with Crippen LogP contribution in [-0.2, 0) is 4.74 Å². The molecule has 0 aliphatic rings. The Bertz CT molecular complexity index is 315. The molecule has 0 radical (unpaired) electrons. The Morgan fingerprint density at radius 3 is 2.75 bits per heavy atom. The van der Waals surface area contributed by atoms with Crippen molar-refractivity contribution < 1.29 is 4.74 Å². The van der Waals surface area contributed by atoms with E-state index in [9.17, 15) is 0 Å². The molecule has 1 heterocycles. The summed E-state index contributed by atoms with van der Waals surface area (Å²) in [5, 5.41) is 3.50. The summed E-state index contributed by atoms with van der Waals surface area (Å²) in [6.07, 6.45) is 5.05. The van der Waals surface area contributed by atoms with Crippen LogP contribution in [0.5, 0.6) is 0 Å². The Morgan fingerprint density at radius 2 is 2.19 bits per heavy atom. The minimum absolute atomic E-state index is 0.148. The molecular formula is C13H22N2O. The molecule has 0 saturated carbocycles. The molecule has 0 fully saturated rings. The van der Waals surface area contributed by atoms with E-state index in [-0.39, 0.29) is 12.1 Å². The van der Waals surface area contributed by atoms with Crippen molar-refractivity contribution in [3.05, 3.63) is 29.6 Å². The van der Waals surface area contributed by atoms with E-state index in [0.29, 0.717) is 0 Å². The van der Waals surface area contributed by atoms with Crippen molar-refractivity contribution in [1.29, 1.82) is 0 Å². The van der Waals surface area contributed by atoms with E-state index in [2.05, 4.69) is 37.1 Å². The molecule has 0 amide bonds. The zero-order valence-electron chi connectivity index (χ0n) is 10.7. The molecule has 0 saturated heterocycles. The highest BCUT2D eigenvalue weighted by Gasteiger charge is 2.18. The van der Waals surface area contributed by atoms with Gasteiger partial charge in [0, 0.05) is 19.5 Å². The maximum absolute atomic E-state index is 5.41. The van der Waals surface area contributed by atoms with Gasteiger partial charge >= 0.3 is 0 Å². The van der Waals surface area contributed by atoms with E-state index in [0.717, 1.165) is 13.0 Å². The predicted octanol–water partition coefficient (Wildman–Crippen LogP) is 2.47. The highest BCUT2D eigenvalue weighted by atomic mass is 16.5. The van der Waals surface area contributed by atoms with Gasteiger partial charge in [-0.25, -0.2) is 0 Å². The molecule has 0 spiro atoms. The van der Waals surface area contributed by atoms with E-state index in [1.807, 2.05) is 12.4 Å². The summed E-state index contributed by atoms with van der Waals surface area (Å²) in [4.78, 5) is 4.23. The summed E-state index contributed by atoms with van der Waals surface area (Å²) < 4.78 is 5.41. The summed E-state index contributed by atoms with van der Waals surface area (Å²) >= 11 is 0. The number of aromatic nitrogens is 1. The number of ether oxygens (including phenoxy) is 1. The van der Waals surface area contributed by atoms with Crippen molar-refractivity contribution >= 4 is 0 Å². The SMILES string of the molecule is CCCNC(c1cncc(C)c1)C(C)OC. The lowest BCUT2D eigenvalue weighted by atomic mass is 10.0. The molecule has 1 aromatic rings. The molecule has 1 N–H and O–H groups in total. The number of methoxy groups -OCH3 is 1. The zero-order valence-corrected chi connectivity index (χ0v) is 10.7. The molecule has 1 rings (SSSR count). The Kier molecular flexibility index (Phi) is 5.43. The third kappa shape index (κ3) is 3.58. The normalized spacial score (nSPS) is 14.8. The van der Waals surface area contributed by atoms with Gasteiger partial charge in [0.15, 0.2) is 0 Å². The third-order valence-corrected chi connectivity index (χ3v) is 2.71.